The Balaban J connectivity index is 2.38. The van der Waals surface area contributed by atoms with Crippen molar-refractivity contribution >= 4 is 17.2 Å². The summed E-state index contributed by atoms with van der Waals surface area (Å²) in [6, 6.07) is 4.39. The van der Waals surface area contributed by atoms with Gasteiger partial charge in [-0.25, -0.2) is 0 Å². The number of anilines is 1. The van der Waals surface area contributed by atoms with Crippen LogP contribution >= 0.6 is 11.3 Å². The number of nitriles is 1. The molecule has 5 heteroatoms. The Hall–Kier alpha value is -1.93. The molecule has 0 saturated carbocycles. The molecule has 2 aromatic heterocycles. The summed E-state index contributed by atoms with van der Waals surface area (Å²) in [5.41, 5.74) is 3.84. The Morgan fingerprint density at radius 2 is 2.10 bits per heavy atom. The largest absolute Gasteiger partial charge is 0.353 e. The Kier molecular flexibility index (Phi) is 4.70. The fraction of sp³-hybridized carbons (Fsp3) is 0.400. The van der Waals surface area contributed by atoms with Gasteiger partial charge in [0.15, 0.2) is 5.82 Å². The molecule has 0 N–H and O–H groups in total. The highest BCUT2D eigenvalue weighted by atomic mass is 32.1. The number of hydrogen-bond acceptors (Lipinski definition) is 5. The third-order valence-corrected chi connectivity index (χ3v) is 4.03. The van der Waals surface area contributed by atoms with Gasteiger partial charge in [-0.3, -0.25) is 0 Å². The van der Waals surface area contributed by atoms with Crippen LogP contribution in [0.15, 0.2) is 16.8 Å². The molecule has 0 spiro atoms. The molecule has 104 valence electrons. The van der Waals surface area contributed by atoms with E-state index in [4.69, 9.17) is 0 Å². The lowest BCUT2D eigenvalue weighted by atomic mass is 10.0. The summed E-state index contributed by atoms with van der Waals surface area (Å²) >= 11 is 1.67. The van der Waals surface area contributed by atoms with Crippen LogP contribution in [0.2, 0.25) is 0 Å². The predicted molar refractivity (Wildman–Crippen MR) is 81.9 cm³/mol. The van der Waals surface area contributed by atoms with Crippen LogP contribution in [0.5, 0.6) is 0 Å². The van der Waals surface area contributed by atoms with E-state index in [1.165, 1.54) is 5.56 Å². The fourth-order valence-electron chi connectivity index (χ4n) is 2.28. The van der Waals surface area contributed by atoms with Gasteiger partial charge < -0.3 is 4.90 Å². The van der Waals surface area contributed by atoms with E-state index in [2.05, 4.69) is 40.0 Å². The lowest BCUT2D eigenvalue weighted by Crippen LogP contribution is -2.21. The standard InChI is InChI=1S/C15H18N4S/c1-4-12-13(8-16)15(18-17-14(12)5-2)19(3)9-11-6-7-20-10-11/h6-7,10H,4-5,9H2,1-3H3. The van der Waals surface area contributed by atoms with Gasteiger partial charge in [-0.05, 0) is 40.8 Å². The van der Waals surface area contributed by atoms with E-state index < -0.39 is 0 Å². The molecule has 4 nitrogen and oxygen atoms in total. The SMILES string of the molecule is CCc1nnc(N(C)Cc2ccsc2)c(C#N)c1CC. The van der Waals surface area contributed by atoms with Crippen molar-refractivity contribution in [2.45, 2.75) is 33.2 Å². The highest BCUT2D eigenvalue weighted by molar-refractivity contribution is 7.07. The van der Waals surface area contributed by atoms with E-state index >= 15 is 0 Å². The maximum atomic E-state index is 9.48. The molecule has 0 unspecified atom stereocenters. The second-order valence-electron chi connectivity index (χ2n) is 4.63. The monoisotopic (exact) mass is 286 g/mol. The molecule has 2 aromatic rings. The molecule has 0 radical (unpaired) electrons. The third-order valence-electron chi connectivity index (χ3n) is 3.30. The van der Waals surface area contributed by atoms with E-state index in [1.807, 2.05) is 18.9 Å². The first-order chi connectivity index (χ1) is 9.71. The summed E-state index contributed by atoms with van der Waals surface area (Å²) in [7, 11) is 1.95. The van der Waals surface area contributed by atoms with E-state index in [9.17, 15) is 5.26 Å². The van der Waals surface area contributed by atoms with Crippen molar-refractivity contribution in [3.05, 3.63) is 39.2 Å². The third kappa shape index (κ3) is 2.81. The average molecular weight is 286 g/mol. The van der Waals surface area contributed by atoms with Crippen LogP contribution in [-0.4, -0.2) is 17.2 Å². The van der Waals surface area contributed by atoms with Crippen molar-refractivity contribution in [2.24, 2.45) is 0 Å². The van der Waals surface area contributed by atoms with Gasteiger partial charge in [0.05, 0.1) is 5.69 Å². The zero-order chi connectivity index (χ0) is 14.5. The Morgan fingerprint density at radius 3 is 2.65 bits per heavy atom. The molecular formula is C15H18N4S. The summed E-state index contributed by atoms with van der Waals surface area (Å²) < 4.78 is 0. The van der Waals surface area contributed by atoms with Crippen LogP contribution in [0.3, 0.4) is 0 Å². The Bertz CT molecular complexity index is 614. The molecule has 2 heterocycles. The van der Waals surface area contributed by atoms with Crippen molar-refractivity contribution in [3.63, 3.8) is 0 Å². The first-order valence-corrected chi connectivity index (χ1v) is 7.66. The smallest absolute Gasteiger partial charge is 0.169 e. The fourth-order valence-corrected chi connectivity index (χ4v) is 2.94. The topological polar surface area (TPSA) is 52.8 Å². The first kappa shape index (κ1) is 14.5. The Labute approximate surface area is 123 Å². The van der Waals surface area contributed by atoms with Crippen molar-refractivity contribution < 1.29 is 0 Å². The summed E-state index contributed by atoms with van der Waals surface area (Å²) in [4.78, 5) is 1.99. The van der Waals surface area contributed by atoms with Gasteiger partial charge in [0.2, 0.25) is 0 Å². The molecule has 0 fully saturated rings. The van der Waals surface area contributed by atoms with E-state index in [0.29, 0.717) is 11.4 Å². The molecular weight excluding hydrogens is 268 g/mol. The van der Waals surface area contributed by atoms with Gasteiger partial charge in [0, 0.05) is 13.6 Å². The van der Waals surface area contributed by atoms with Crippen LogP contribution in [0.1, 0.15) is 36.2 Å². The minimum absolute atomic E-state index is 0.664. The van der Waals surface area contributed by atoms with Gasteiger partial charge >= 0.3 is 0 Å². The lowest BCUT2D eigenvalue weighted by molar-refractivity contribution is 0.820. The normalized spacial score (nSPS) is 10.3. The number of aryl methyl sites for hydroxylation is 1. The quantitative estimate of drug-likeness (QED) is 0.847. The summed E-state index contributed by atoms with van der Waals surface area (Å²) in [6.45, 7) is 4.83. The molecule has 0 aromatic carbocycles. The Morgan fingerprint density at radius 1 is 1.30 bits per heavy atom. The minimum atomic E-state index is 0.664. The molecule has 0 amide bonds. The molecule has 0 aliphatic carbocycles. The maximum absolute atomic E-state index is 9.48. The predicted octanol–water partition coefficient (Wildman–Crippen LogP) is 3.17. The number of hydrogen-bond donors (Lipinski definition) is 0. The van der Waals surface area contributed by atoms with Crippen LogP contribution in [-0.2, 0) is 19.4 Å². The van der Waals surface area contributed by atoms with Crippen molar-refractivity contribution in [2.75, 3.05) is 11.9 Å². The summed E-state index contributed by atoms with van der Waals surface area (Å²) in [6.07, 6.45) is 1.61. The number of rotatable bonds is 5. The lowest BCUT2D eigenvalue weighted by Gasteiger charge is -2.20. The second kappa shape index (κ2) is 6.49. The minimum Gasteiger partial charge on any atom is -0.353 e. The van der Waals surface area contributed by atoms with E-state index in [0.717, 1.165) is 30.6 Å². The van der Waals surface area contributed by atoms with Gasteiger partial charge in [-0.15, -0.1) is 5.10 Å². The molecule has 2 rings (SSSR count). The van der Waals surface area contributed by atoms with Crippen LogP contribution < -0.4 is 4.90 Å². The molecule has 0 bridgehead atoms. The van der Waals surface area contributed by atoms with Crippen LogP contribution in [0, 0.1) is 11.3 Å². The number of thiophene rings is 1. The molecule has 0 aliphatic rings. The summed E-state index contributed by atoms with van der Waals surface area (Å²) in [5.74, 6) is 0.674. The number of nitrogens with zero attached hydrogens (tertiary/aromatic N) is 4. The highest BCUT2D eigenvalue weighted by Gasteiger charge is 2.17. The highest BCUT2D eigenvalue weighted by Crippen LogP contribution is 2.23. The van der Waals surface area contributed by atoms with Gasteiger partial charge in [0.25, 0.3) is 0 Å². The van der Waals surface area contributed by atoms with Crippen LogP contribution in [0.25, 0.3) is 0 Å². The van der Waals surface area contributed by atoms with Crippen molar-refractivity contribution in [1.82, 2.24) is 10.2 Å². The molecule has 20 heavy (non-hydrogen) atoms. The zero-order valence-corrected chi connectivity index (χ0v) is 12.9. The van der Waals surface area contributed by atoms with E-state index in [-0.39, 0.29) is 0 Å². The molecule has 0 aliphatic heterocycles. The van der Waals surface area contributed by atoms with Gasteiger partial charge in [0.1, 0.15) is 11.6 Å². The first-order valence-electron chi connectivity index (χ1n) is 6.71. The van der Waals surface area contributed by atoms with Crippen molar-refractivity contribution in [1.29, 1.82) is 5.26 Å². The van der Waals surface area contributed by atoms with Crippen LogP contribution in [0.4, 0.5) is 5.82 Å². The van der Waals surface area contributed by atoms with E-state index in [1.54, 1.807) is 11.3 Å². The maximum Gasteiger partial charge on any atom is 0.169 e. The van der Waals surface area contributed by atoms with Gasteiger partial charge in [-0.2, -0.15) is 21.7 Å². The summed E-state index contributed by atoms with van der Waals surface area (Å²) in [5, 5.41) is 22.2. The number of aromatic nitrogens is 2. The average Bonchev–Trinajstić information content (AvgIpc) is 2.98. The molecule has 0 saturated heterocycles. The zero-order valence-electron chi connectivity index (χ0n) is 12.1. The molecule has 0 atom stereocenters. The van der Waals surface area contributed by atoms with Gasteiger partial charge in [-0.1, -0.05) is 13.8 Å². The van der Waals surface area contributed by atoms with Crippen molar-refractivity contribution in [3.8, 4) is 6.07 Å². The second-order valence-corrected chi connectivity index (χ2v) is 5.41.